The van der Waals surface area contributed by atoms with E-state index < -0.39 is 12.1 Å². The van der Waals surface area contributed by atoms with E-state index in [-0.39, 0.29) is 0 Å². The van der Waals surface area contributed by atoms with E-state index >= 15 is 0 Å². The second kappa shape index (κ2) is 5.56. The van der Waals surface area contributed by atoms with Gasteiger partial charge in [0.15, 0.2) is 0 Å². The maximum atomic E-state index is 11.0. The highest BCUT2D eigenvalue weighted by molar-refractivity contribution is 5.89. The van der Waals surface area contributed by atoms with Crippen molar-refractivity contribution in [2.75, 3.05) is 17.7 Å². The van der Waals surface area contributed by atoms with Crippen LogP contribution in [0.5, 0.6) is 0 Å². The molecule has 1 rings (SSSR count). The largest absolute Gasteiger partial charge is 0.465 e. The van der Waals surface area contributed by atoms with E-state index in [1.54, 1.807) is 12.1 Å². The lowest BCUT2D eigenvalue weighted by Crippen LogP contribution is -2.27. The molecule has 3 amide bonds. The number of anilines is 2. The Labute approximate surface area is 91.4 Å². The van der Waals surface area contributed by atoms with Gasteiger partial charge in [-0.3, -0.25) is 10.2 Å². The fourth-order valence-electron chi connectivity index (χ4n) is 1.01. The highest BCUT2D eigenvalue weighted by Gasteiger charge is 2.01. The van der Waals surface area contributed by atoms with Gasteiger partial charge >= 0.3 is 12.1 Å². The summed E-state index contributed by atoms with van der Waals surface area (Å²) >= 11 is 0. The van der Waals surface area contributed by atoms with Gasteiger partial charge in [-0.2, -0.15) is 0 Å². The fourth-order valence-corrected chi connectivity index (χ4v) is 1.01. The monoisotopic (exact) mass is 225 g/mol. The van der Waals surface area contributed by atoms with Crippen molar-refractivity contribution in [1.29, 1.82) is 0 Å². The molecule has 1 aromatic carbocycles. The van der Waals surface area contributed by atoms with Gasteiger partial charge in [0.25, 0.3) is 0 Å². The molecule has 4 N–H and O–H groups in total. The van der Waals surface area contributed by atoms with Crippen LogP contribution in [0.25, 0.3) is 0 Å². The normalized spacial score (nSPS) is 9.31. The quantitative estimate of drug-likeness (QED) is 0.585. The lowest BCUT2D eigenvalue weighted by molar-refractivity contribution is 0.114. The predicted octanol–water partition coefficient (Wildman–Crippen LogP) is 1.46. The average Bonchev–Trinajstić information content (AvgIpc) is 2.20. The molecule has 0 aliphatic rings. The zero-order valence-corrected chi connectivity index (χ0v) is 8.48. The number of hydrogen-bond donors (Lipinski definition) is 4. The molecular weight excluding hydrogens is 214 g/mol. The van der Waals surface area contributed by atoms with Crippen molar-refractivity contribution < 1.29 is 19.5 Å². The summed E-state index contributed by atoms with van der Waals surface area (Å²) in [5, 5.41) is 13.1. The summed E-state index contributed by atoms with van der Waals surface area (Å²) in [6.45, 7) is 0. The standard InChI is InChI=1S/C9H11N3O4/c1-16-12-8(13)10-6-2-4-7(5-3-6)11-9(14)15/h2-5,11H,1H3,(H,14,15)(H2,10,12,13). The van der Waals surface area contributed by atoms with Crippen molar-refractivity contribution in [3.63, 3.8) is 0 Å². The molecule has 0 heterocycles. The van der Waals surface area contributed by atoms with Crippen LogP contribution in [0.1, 0.15) is 0 Å². The highest BCUT2D eigenvalue weighted by Crippen LogP contribution is 2.13. The van der Waals surface area contributed by atoms with Crippen LogP contribution in [0.3, 0.4) is 0 Å². The Kier molecular flexibility index (Phi) is 4.10. The summed E-state index contributed by atoms with van der Waals surface area (Å²) < 4.78 is 0. The van der Waals surface area contributed by atoms with E-state index in [0.717, 1.165) is 0 Å². The number of hydroxylamine groups is 1. The minimum absolute atomic E-state index is 0.421. The molecule has 0 saturated heterocycles. The first kappa shape index (κ1) is 11.8. The number of hydrogen-bond acceptors (Lipinski definition) is 3. The third-order valence-corrected chi connectivity index (χ3v) is 1.59. The van der Waals surface area contributed by atoms with Crippen LogP contribution in [0, 0.1) is 0 Å². The van der Waals surface area contributed by atoms with Crippen LogP contribution in [0.15, 0.2) is 24.3 Å². The summed E-state index contributed by atoms with van der Waals surface area (Å²) in [7, 11) is 1.32. The summed E-state index contributed by atoms with van der Waals surface area (Å²) in [6.07, 6.45) is -1.14. The molecule has 0 radical (unpaired) electrons. The Balaban J connectivity index is 2.57. The lowest BCUT2D eigenvalue weighted by Gasteiger charge is -2.06. The molecule has 0 unspecified atom stereocenters. The fraction of sp³-hybridized carbons (Fsp3) is 0.111. The molecule has 0 spiro atoms. The first-order chi connectivity index (χ1) is 7.61. The molecule has 1 aromatic rings. The summed E-state index contributed by atoms with van der Waals surface area (Å²) in [4.78, 5) is 25.7. The van der Waals surface area contributed by atoms with Gasteiger partial charge in [0, 0.05) is 11.4 Å². The molecule has 16 heavy (non-hydrogen) atoms. The average molecular weight is 225 g/mol. The van der Waals surface area contributed by atoms with Gasteiger partial charge in [0.2, 0.25) is 0 Å². The SMILES string of the molecule is CONC(=O)Nc1ccc(NC(=O)O)cc1. The maximum absolute atomic E-state index is 11.0. The minimum atomic E-state index is -1.14. The van der Waals surface area contributed by atoms with Crippen molar-refractivity contribution in [2.45, 2.75) is 0 Å². The Morgan fingerprint density at radius 1 is 1.12 bits per heavy atom. The molecular formula is C9H11N3O4. The third kappa shape index (κ3) is 3.84. The van der Waals surface area contributed by atoms with Gasteiger partial charge in [-0.15, -0.1) is 0 Å². The van der Waals surface area contributed by atoms with E-state index in [1.807, 2.05) is 0 Å². The van der Waals surface area contributed by atoms with Crippen LogP contribution in [-0.2, 0) is 4.84 Å². The van der Waals surface area contributed by atoms with Gasteiger partial charge in [0.1, 0.15) is 0 Å². The topological polar surface area (TPSA) is 99.7 Å². The van der Waals surface area contributed by atoms with E-state index in [9.17, 15) is 9.59 Å². The number of carbonyl (C=O) groups is 2. The Bertz CT molecular complexity index is 377. The number of nitrogens with one attached hydrogen (secondary N) is 3. The Hall–Kier alpha value is -2.28. The Morgan fingerprint density at radius 2 is 1.62 bits per heavy atom. The second-order valence-corrected chi connectivity index (χ2v) is 2.77. The van der Waals surface area contributed by atoms with Gasteiger partial charge in [-0.1, -0.05) is 0 Å². The lowest BCUT2D eigenvalue weighted by atomic mass is 10.3. The predicted molar refractivity (Wildman–Crippen MR) is 57.3 cm³/mol. The number of urea groups is 1. The Morgan fingerprint density at radius 3 is 2.06 bits per heavy atom. The van der Waals surface area contributed by atoms with Crippen LogP contribution in [-0.4, -0.2) is 24.3 Å². The summed E-state index contributed by atoms with van der Waals surface area (Å²) in [5.74, 6) is 0. The van der Waals surface area contributed by atoms with E-state index in [1.165, 1.54) is 19.2 Å². The van der Waals surface area contributed by atoms with Crippen LogP contribution < -0.4 is 16.1 Å². The van der Waals surface area contributed by atoms with Crippen LogP contribution in [0.4, 0.5) is 21.0 Å². The van der Waals surface area contributed by atoms with Crippen molar-refractivity contribution in [2.24, 2.45) is 0 Å². The number of amides is 3. The van der Waals surface area contributed by atoms with Gasteiger partial charge in [-0.05, 0) is 24.3 Å². The number of benzene rings is 1. The van der Waals surface area contributed by atoms with Crippen molar-refractivity contribution in [1.82, 2.24) is 5.48 Å². The summed E-state index contributed by atoms with van der Waals surface area (Å²) in [5.41, 5.74) is 3.02. The third-order valence-electron chi connectivity index (χ3n) is 1.59. The maximum Gasteiger partial charge on any atom is 0.409 e. The highest BCUT2D eigenvalue weighted by atomic mass is 16.6. The summed E-state index contributed by atoms with van der Waals surface area (Å²) in [6, 6.07) is 5.65. The van der Waals surface area contributed by atoms with Crippen molar-refractivity contribution in [3.05, 3.63) is 24.3 Å². The van der Waals surface area contributed by atoms with Crippen molar-refractivity contribution in [3.8, 4) is 0 Å². The molecule has 7 nitrogen and oxygen atoms in total. The first-order valence-electron chi connectivity index (χ1n) is 4.32. The molecule has 0 bridgehead atoms. The first-order valence-corrected chi connectivity index (χ1v) is 4.32. The molecule has 0 aliphatic carbocycles. The number of carboxylic acid groups (broad SMARTS) is 1. The molecule has 0 aromatic heterocycles. The molecule has 0 saturated carbocycles. The van der Waals surface area contributed by atoms with E-state index in [2.05, 4.69) is 21.0 Å². The molecule has 86 valence electrons. The second-order valence-electron chi connectivity index (χ2n) is 2.77. The zero-order valence-electron chi connectivity index (χ0n) is 8.48. The van der Waals surface area contributed by atoms with Crippen molar-refractivity contribution >= 4 is 23.5 Å². The minimum Gasteiger partial charge on any atom is -0.465 e. The van der Waals surface area contributed by atoms with Crippen LogP contribution >= 0.6 is 0 Å². The van der Waals surface area contributed by atoms with Gasteiger partial charge < -0.3 is 10.4 Å². The number of rotatable bonds is 3. The van der Waals surface area contributed by atoms with E-state index in [0.29, 0.717) is 11.4 Å². The smallest absolute Gasteiger partial charge is 0.409 e. The van der Waals surface area contributed by atoms with Gasteiger partial charge in [0.05, 0.1) is 7.11 Å². The van der Waals surface area contributed by atoms with Gasteiger partial charge in [-0.25, -0.2) is 15.1 Å². The molecule has 0 aliphatic heterocycles. The molecule has 0 atom stereocenters. The van der Waals surface area contributed by atoms with Crippen LogP contribution in [0.2, 0.25) is 0 Å². The zero-order chi connectivity index (χ0) is 12.0. The molecule has 0 fully saturated rings. The molecule has 7 heteroatoms. The van der Waals surface area contributed by atoms with E-state index in [4.69, 9.17) is 5.11 Å². The number of carbonyl (C=O) groups excluding carboxylic acids is 1.